The molecular weight excluding hydrogens is 290 g/mol. The predicted octanol–water partition coefficient (Wildman–Crippen LogP) is 4.23. The highest BCUT2D eigenvalue weighted by Gasteiger charge is 2.07. The number of aromatic hydroxyl groups is 1. The average molecular weight is 302 g/mol. The van der Waals surface area contributed by atoms with Crippen LogP contribution in [0.5, 0.6) is 5.75 Å². The fourth-order valence-electron chi connectivity index (χ4n) is 2.16. The number of fused-ring (bicyclic) bond motifs is 1. The third-order valence-electron chi connectivity index (χ3n) is 3.10. The molecule has 0 unspecified atom stereocenters. The van der Waals surface area contributed by atoms with Crippen molar-refractivity contribution in [1.29, 1.82) is 0 Å². The van der Waals surface area contributed by atoms with Gasteiger partial charge < -0.3 is 10.1 Å². The van der Waals surface area contributed by atoms with Gasteiger partial charge in [-0.05, 0) is 35.4 Å². The molecule has 0 saturated carbocycles. The zero-order valence-corrected chi connectivity index (χ0v) is 11.2. The van der Waals surface area contributed by atoms with E-state index in [9.17, 15) is 5.11 Å². The van der Waals surface area contributed by atoms with Crippen LogP contribution in [-0.4, -0.2) is 10.1 Å². The Balaban J connectivity index is 2.05. The maximum absolute atomic E-state index is 9.82. The molecule has 2 aromatic carbocycles. The van der Waals surface area contributed by atoms with E-state index < -0.39 is 0 Å². The number of phenols is 1. The summed E-state index contributed by atoms with van der Waals surface area (Å²) in [6, 6.07) is 13.6. The lowest BCUT2D eigenvalue weighted by atomic mass is 10.0. The summed E-state index contributed by atoms with van der Waals surface area (Å²) in [4.78, 5) is 3.25. The number of para-hydroxylation sites is 1. The zero-order chi connectivity index (χ0) is 12.5. The molecule has 0 aliphatic carbocycles. The molecule has 3 aromatic rings. The van der Waals surface area contributed by atoms with Gasteiger partial charge in [-0.1, -0.05) is 34.1 Å². The molecule has 1 heterocycles. The predicted molar refractivity (Wildman–Crippen MR) is 76.9 cm³/mol. The molecule has 1 aromatic heterocycles. The highest BCUT2D eigenvalue weighted by molar-refractivity contribution is 9.10. The smallest absolute Gasteiger partial charge is 0.119 e. The molecule has 0 atom stereocenters. The summed E-state index contributed by atoms with van der Waals surface area (Å²) >= 11 is 3.49. The largest absolute Gasteiger partial charge is 0.508 e. The van der Waals surface area contributed by atoms with E-state index in [0.29, 0.717) is 5.75 Å². The second kappa shape index (κ2) is 4.50. The Kier molecular flexibility index (Phi) is 2.84. The minimum Gasteiger partial charge on any atom is -0.508 e. The third kappa shape index (κ3) is 2.02. The molecule has 90 valence electrons. The van der Waals surface area contributed by atoms with E-state index in [0.717, 1.165) is 22.0 Å². The van der Waals surface area contributed by atoms with Crippen molar-refractivity contribution in [2.75, 3.05) is 0 Å². The van der Waals surface area contributed by atoms with Gasteiger partial charge in [0.25, 0.3) is 0 Å². The number of nitrogens with one attached hydrogen (secondary N) is 1. The molecule has 0 radical (unpaired) electrons. The first kappa shape index (κ1) is 11.4. The minimum atomic E-state index is 0.349. The summed E-state index contributed by atoms with van der Waals surface area (Å²) < 4.78 is 1.06. The molecule has 0 bridgehead atoms. The number of aromatic amines is 1. The van der Waals surface area contributed by atoms with Crippen LogP contribution in [0.1, 0.15) is 11.1 Å². The Labute approximate surface area is 113 Å². The number of halogens is 1. The van der Waals surface area contributed by atoms with E-state index >= 15 is 0 Å². The zero-order valence-electron chi connectivity index (χ0n) is 9.65. The van der Waals surface area contributed by atoms with Gasteiger partial charge >= 0.3 is 0 Å². The Bertz CT molecular complexity index is 703. The highest BCUT2D eigenvalue weighted by atomic mass is 79.9. The number of hydrogen-bond acceptors (Lipinski definition) is 1. The number of H-pyrrole nitrogens is 1. The van der Waals surface area contributed by atoms with Crippen molar-refractivity contribution in [3.8, 4) is 5.75 Å². The second-order valence-electron chi connectivity index (χ2n) is 4.31. The molecule has 18 heavy (non-hydrogen) atoms. The van der Waals surface area contributed by atoms with E-state index in [2.05, 4.69) is 27.0 Å². The van der Waals surface area contributed by atoms with Crippen LogP contribution in [0.25, 0.3) is 10.9 Å². The topological polar surface area (TPSA) is 36.0 Å². The molecule has 3 heteroatoms. The second-order valence-corrected chi connectivity index (χ2v) is 5.22. The van der Waals surface area contributed by atoms with Crippen molar-refractivity contribution >= 4 is 26.8 Å². The van der Waals surface area contributed by atoms with Gasteiger partial charge in [-0.15, -0.1) is 0 Å². The third-order valence-corrected chi connectivity index (χ3v) is 3.60. The fourth-order valence-corrected chi connectivity index (χ4v) is 2.52. The van der Waals surface area contributed by atoms with Gasteiger partial charge in [-0.25, -0.2) is 0 Å². The van der Waals surface area contributed by atoms with Crippen molar-refractivity contribution in [2.24, 2.45) is 0 Å². The monoisotopic (exact) mass is 301 g/mol. The van der Waals surface area contributed by atoms with Crippen molar-refractivity contribution in [3.63, 3.8) is 0 Å². The van der Waals surface area contributed by atoms with Crippen molar-refractivity contribution in [1.82, 2.24) is 4.98 Å². The summed E-state index contributed by atoms with van der Waals surface area (Å²) in [5, 5.41) is 11.0. The SMILES string of the molecule is Oc1ccccc1Cc1c[nH]c2ccc(Br)cc12. The van der Waals surface area contributed by atoms with Crippen LogP contribution in [0.3, 0.4) is 0 Å². The Morgan fingerprint density at radius 3 is 2.72 bits per heavy atom. The van der Waals surface area contributed by atoms with Crippen molar-refractivity contribution in [3.05, 3.63) is 64.3 Å². The molecule has 2 N–H and O–H groups in total. The molecule has 2 nitrogen and oxygen atoms in total. The lowest BCUT2D eigenvalue weighted by Crippen LogP contribution is -1.87. The Morgan fingerprint density at radius 2 is 1.89 bits per heavy atom. The molecule has 0 saturated heterocycles. The summed E-state index contributed by atoms with van der Waals surface area (Å²) in [7, 11) is 0. The summed E-state index contributed by atoms with van der Waals surface area (Å²) in [6.45, 7) is 0. The van der Waals surface area contributed by atoms with Crippen molar-refractivity contribution < 1.29 is 5.11 Å². The van der Waals surface area contributed by atoms with Crippen LogP contribution in [0.15, 0.2) is 53.1 Å². The Morgan fingerprint density at radius 1 is 1.06 bits per heavy atom. The van der Waals surface area contributed by atoms with E-state index in [1.807, 2.05) is 36.5 Å². The van der Waals surface area contributed by atoms with E-state index in [4.69, 9.17) is 0 Å². The van der Waals surface area contributed by atoms with Crippen LogP contribution in [0, 0.1) is 0 Å². The first-order valence-electron chi connectivity index (χ1n) is 5.76. The molecule has 0 aliphatic heterocycles. The summed E-state index contributed by atoms with van der Waals surface area (Å²) in [5.41, 5.74) is 3.25. The average Bonchev–Trinajstić information content (AvgIpc) is 2.75. The molecular formula is C15H12BrNO. The van der Waals surface area contributed by atoms with Gasteiger partial charge in [0.15, 0.2) is 0 Å². The summed E-state index contributed by atoms with van der Waals surface area (Å²) in [5.74, 6) is 0.349. The lowest BCUT2D eigenvalue weighted by Gasteiger charge is -2.03. The van der Waals surface area contributed by atoms with E-state index in [1.54, 1.807) is 6.07 Å². The van der Waals surface area contributed by atoms with E-state index in [1.165, 1.54) is 10.9 Å². The van der Waals surface area contributed by atoms with Gasteiger partial charge in [-0.3, -0.25) is 0 Å². The highest BCUT2D eigenvalue weighted by Crippen LogP contribution is 2.27. The number of benzene rings is 2. The number of aromatic nitrogens is 1. The minimum absolute atomic E-state index is 0.349. The van der Waals surface area contributed by atoms with Crippen LogP contribution in [-0.2, 0) is 6.42 Å². The van der Waals surface area contributed by atoms with Gasteiger partial charge in [0.05, 0.1) is 0 Å². The maximum atomic E-state index is 9.82. The standard InChI is InChI=1S/C15H12BrNO/c16-12-5-6-14-13(8-12)11(9-17-14)7-10-3-1-2-4-15(10)18/h1-6,8-9,17-18H,7H2. The van der Waals surface area contributed by atoms with Crippen molar-refractivity contribution in [2.45, 2.75) is 6.42 Å². The van der Waals surface area contributed by atoms with Crippen LogP contribution in [0.2, 0.25) is 0 Å². The molecule has 0 aliphatic rings. The van der Waals surface area contributed by atoms with Gasteiger partial charge in [0, 0.05) is 28.0 Å². The van der Waals surface area contributed by atoms with Gasteiger partial charge in [0.2, 0.25) is 0 Å². The molecule has 3 rings (SSSR count). The Hall–Kier alpha value is -1.74. The van der Waals surface area contributed by atoms with Gasteiger partial charge in [0.1, 0.15) is 5.75 Å². The quantitative estimate of drug-likeness (QED) is 0.730. The fraction of sp³-hybridized carbons (Fsp3) is 0.0667. The number of rotatable bonds is 2. The number of phenolic OH excluding ortho intramolecular Hbond substituents is 1. The van der Waals surface area contributed by atoms with Crippen LogP contribution >= 0.6 is 15.9 Å². The normalized spacial score (nSPS) is 10.9. The lowest BCUT2D eigenvalue weighted by molar-refractivity contribution is 0.469. The first-order chi connectivity index (χ1) is 8.74. The first-order valence-corrected chi connectivity index (χ1v) is 6.56. The van der Waals surface area contributed by atoms with E-state index in [-0.39, 0.29) is 0 Å². The van der Waals surface area contributed by atoms with Gasteiger partial charge in [-0.2, -0.15) is 0 Å². The molecule has 0 amide bonds. The maximum Gasteiger partial charge on any atom is 0.119 e. The summed E-state index contributed by atoms with van der Waals surface area (Å²) in [6.07, 6.45) is 2.73. The van der Waals surface area contributed by atoms with Crippen LogP contribution in [0.4, 0.5) is 0 Å². The molecule has 0 fully saturated rings. The van der Waals surface area contributed by atoms with Crippen LogP contribution < -0.4 is 0 Å². The number of hydrogen-bond donors (Lipinski definition) is 2. The molecule has 0 spiro atoms.